The number of nitrogens with zero attached hydrogens (tertiary/aromatic N) is 5. The zero-order valence-electron chi connectivity index (χ0n) is 24.9. The van der Waals surface area contributed by atoms with Crippen molar-refractivity contribution >= 4 is 40.5 Å². The lowest BCUT2D eigenvalue weighted by molar-refractivity contribution is -0.140. The molecular weight excluding hydrogens is 581 g/mol. The molecule has 3 aromatic heterocycles. The quantitative estimate of drug-likeness (QED) is 0.309. The zero-order valence-corrected chi connectivity index (χ0v) is 25.7. The highest BCUT2D eigenvalue weighted by Crippen LogP contribution is 2.31. The topological polar surface area (TPSA) is 112 Å². The maximum atomic E-state index is 14.8. The first kappa shape index (κ1) is 29.6. The van der Waals surface area contributed by atoms with E-state index in [1.165, 1.54) is 44.7 Å². The molecule has 10 nitrogen and oxygen atoms in total. The highest BCUT2D eigenvalue weighted by molar-refractivity contribution is 7.14. The van der Waals surface area contributed by atoms with Crippen LogP contribution in [0.3, 0.4) is 0 Å². The Morgan fingerprint density at radius 1 is 1.00 bits per heavy atom. The fourth-order valence-corrected chi connectivity index (χ4v) is 6.88. The first-order valence-electron chi connectivity index (χ1n) is 14.8. The molecule has 4 aromatic rings. The van der Waals surface area contributed by atoms with E-state index in [1.54, 1.807) is 19.2 Å². The summed E-state index contributed by atoms with van der Waals surface area (Å²) in [5.74, 6) is -1.15. The van der Waals surface area contributed by atoms with Gasteiger partial charge in [0.1, 0.15) is 11.7 Å². The molecule has 0 bridgehead atoms. The van der Waals surface area contributed by atoms with E-state index >= 15 is 0 Å². The third-order valence-electron chi connectivity index (χ3n) is 8.21. The third-order valence-corrected chi connectivity index (χ3v) is 9.45. The van der Waals surface area contributed by atoms with Crippen molar-refractivity contribution in [3.05, 3.63) is 85.7 Å². The molecule has 44 heavy (non-hydrogen) atoms. The van der Waals surface area contributed by atoms with E-state index in [1.807, 2.05) is 42.0 Å². The first-order chi connectivity index (χ1) is 21.2. The summed E-state index contributed by atoms with van der Waals surface area (Å²) in [7, 11) is 3.53. The number of likely N-dealkylation sites (N-methyl/N-ethyl adjacent to an activating group) is 2. The summed E-state index contributed by atoms with van der Waals surface area (Å²) in [5, 5.41) is 5.69. The number of fused-ring (bicyclic) bond motifs is 1. The molecule has 4 heterocycles. The number of piperazine rings is 1. The van der Waals surface area contributed by atoms with Gasteiger partial charge in [-0.05, 0) is 81.1 Å². The lowest BCUT2D eigenvalue weighted by Crippen LogP contribution is -2.50. The van der Waals surface area contributed by atoms with E-state index in [-0.39, 0.29) is 29.1 Å². The number of amides is 2. The van der Waals surface area contributed by atoms with Crippen LogP contribution in [0.1, 0.15) is 51.5 Å². The van der Waals surface area contributed by atoms with Crippen LogP contribution in [0.2, 0.25) is 0 Å². The number of hydrogen-bond acceptors (Lipinski definition) is 8. The Labute approximate surface area is 258 Å². The van der Waals surface area contributed by atoms with Crippen LogP contribution in [0.4, 0.5) is 21.7 Å². The number of aromatic nitrogens is 3. The molecule has 6 rings (SSSR count). The average molecular weight is 616 g/mol. The summed E-state index contributed by atoms with van der Waals surface area (Å²) in [5.41, 5.74) is 2.92. The van der Waals surface area contributed by atoms with Gasteiger partial charge in [0.25, 0.3) is 11.5 Å². The van der Waals surface area contributed by atoms with Gasteiger partial charge in [-0.1, -0.05) is 12.1 Å². The number of anilines is 3. The third kappa shape index (κ3) is 5.87. The minimum Gasteiger partial charge on any atom is -0.340 e. The Bertz CT molecular complexity index is 1760. The van der Waals surface area contributed by atoms with Crippen molar-refractivity contribution in [1.29, 1.82) is 0 Å². The van der Waals surface area contributed by atoms with Crippen LogP contribution in [-0.4, -0.2) is 62.8 Å². The minimum atomic E-state index is -0.671. The fourth-order valence-electron chi connectivity index (χ4n) is 5.73. The van der Waals surface area contributed by atoms with Crippen LogP contribution >= 0.6 is 11.3 Å². The minimum absolute atomic E-state index is 0.0571. The maximum Gasteiger partial charge on any atom is 0.293 e. The molecule has 1 aliphatic heterocycles. The van der Waals surface area contributed by atoms with Gasteiger partial charge < -0.3 is 20.1 Å². The SMILES string of the molecule is CCN1CCN(C)C(c2ccc(Nc3nc(-c4ccc(F)c(NC(=O)c5cc6c(s5)CCCC6)n4)cn(C)c3=O)cc2)C1=O. The van der Waals surface area contributed by atoms with Crippen LogP contribution in [0.5, 0.6) is 0 Å². The van der Waals surface area contributed by atoms with Crippen LogP contribution in [0, 0.1) is 5.82 Å². The molecule has 0 saturated carbocycles. The Kier molecular flexibility index (Phi) is 8.28. The second kappa shape index (κ2) is 12.3. The van der Waals surface area contributed by atoms with E-state index < -0.39 is 11.7 Å². The van der Waals surface area contributed by atoms with Crippen molar-refractivity contribution in [3.8, 4) is 11.4 Å². The van der Waals surface area contributed by atoms with E-state index in [2.05, 4.69) is 20.6 Å². The van der Waals surface area contributed by atoms with Crippen molar-refractivity contribution in [1.82, 2.24) is 24.3 Å². The lowest BCUT2D eigenvalue weighted by atomic mass is 9.99. The molecule has 0 spiro atoms. The van der Waals surface area contributed by atoms with Gasteiger partial charge in [0.2, 0.25) is 5.91 Å². The number of hydrogen-bond donors (Lipinski definition) is 2. The molecule has 1 saturated heterocycles. The average Bonchev–Trinajstić information content (AvgIpc) is 3.46. The molecule has 1 aliphatic carbocycles. The van der Waals surface area contributed by atoms with Crippen LogP contribution in [0.15, 0.2) is 53.5 Å². The van der Waals surface area contributed by atoms with Gasteiger partial charge in [0, 0.05) is 43.4 Å². The molecule has 2 aliphatic rings. The molecule has 12 heteroatoms. The van der Waals surface area contributed by atoms with Gasteiger partial charge in [-0.2, -0.15) is 0 Å². The fraction of sp³-hybridized carbons (Fsp3) is 0.344. The Hall–Kier alpha value is -4.42. The molecule has 1 aromatic carbocycles. The Balaban J connectivity index is 1.22. The van der Waals surface area contributed by atoms with E-state index in [9.17, 15) is 18.8 Å². The van der Waals surface area contributed by atoms with Gasteiger partial charge in [-0.15, -0.1) is 11.3 Å². The molecule has 1 fully saturated rings. The highest BCUT2D eigenvalue weighted by Gasteiger charge is 2.33. The van der Waals surface area contributed by atoms with Gasteiger partial charge in [-0.3, -0.25) is 19.3 Å². The molecule has 1 unspecified atom stereocenters. The van der Waals surface area contributed by atoms with Gasteiger partial charge >= 0.3 is 0 Å². The normalized spacial score (nSPS) is 17.0. The predicted molar refractivity (Wildman–Crippen MR) is 169 cm³/mol. The number of carbonyl (C=O) groups excluding carboxylic acids is 2. The maximum absolute atomic E-state index is 14.8. The second-order valence-corrected chi connectivity index (χ2v) is 12.3. The van der Waals surface area contributed by atoms with E-state index in [4.69, 9.17) is 0 Å². The smallest absolute Gasteiger partial charge is 0.293 e. The molecule has 2 amide bonds. The summed E-state index contributed by atoms with van der Waals surface area (Å²) in [6, 6.07) is 11.6. The van der Waals surface area contributed by atoms with Crippen LogP contribution < -0.4 is 16.2 Å². The Morgan fingerprint density at radius 3 is 2.50 bits per heavy atom. The Morgan fingerprint density at radius 2 is 1.75 bits per heavy atom. The predicted octanol–water partition coefficient (Wildman–Crippen LogP) is 4.75. The summed E-state index contributed by atoms with van der Waals surface area (Å²) in [6.45, 7) is 4.14. The lowest BCUT2D eigenvalue weighted by Gasteiger charge is -2.38. The summed E-state index contributed by atoms with van der Waals surface area (Å²) in [4.78, 5) is 53.4. The number of thiophene rings is 1. The summed E-state index contributed by atoms with van der Waals surface area (Å²) >= 11 is 1.44. The molecule has 2 N–H and O–H groups in total. The van der Waals surface area contributed by atoms with Crippen molar-refractivity contribution < 1.29 is 14.0 Å². The van der Waals surface area contributed by atoms with Gasteiger partial charge in [0.15, 0.2) is 17.5 Å². The number of pyridine rings is 1. The summed E-state index contributed by atoms with van der Waals surface area (Å²) in [6.07, 6.45) is 5.64. The number of halogens is 1. The number of benzene rings is 1. The first-order valence-corrected chi connectivity index (χ1v) is 15.6. The van der Waals surface area contributed by atoms with Crippen LogP contribution in [-0.2, 0) is 24.7 Å². The number of carbonyl (C=O) groups is 2. The van der Waals surface area contributed by atoms with Crippen molar-refractivity contribution in [2.75, 3.05) is 37.3 Å². The van der Waals surface area contributed by atoms with Gasteiger partial charge in [-0.25, -0.2) is 14.4 Å². The van der Waals surface area contributed by atoms with E-state index in [0.29, 0.717) is 35.0 Å². The number of nitrogens with one attached hydrogen (secondary N) is 2. The molecule has 0 radical (unpaired) electrons. The van der Waals surface area contributed by atoms with Crippen LogP contribution in [0.25, 0.3) is 11.4 Å². The van der Waals surface area contributed by atoms with Gasteiger partial charge in [0.05, 0.1) is 10.6 Å². The standard InChI is InChI=1S/C32H34FN7O3S/c1-4-40-16-15-38(2)27(31(40)42)19-9-11-21(12-10-19)34-29-32(43)39(3)18-24(36-29)23-14-13-22(33)28(35-23)37-30(41)26-17-20-7-5-6-8-25(20)44-26/h9-14,17-18,27H,4-8,15-16H2,1-3H3,(H,34,36)(H,35,37,41). The second-order valence-electron chi connectivity index (χ2n) is 11.2. The van der Waals surface area contributed by atoms with Crippen molar-refractivity contribution in [3.63, 3.8) is 0 Å². The van der Waals surface area contributed by atoms with E-state index in [0.717, 1.165) is 37.8 Å². The summed E-state index contributed by atoms with van der Waals surface area (Å²) < 4.78 is 16.1. The monoisotopic (exact) mass is 615 g/mol. The van der Waals surface area contributed by atoms with Crippen molar-refractivity contribution in [2.45, 2.75) is 38.6 Å². The largest absolute Gasteiger partial charge is 0.340 e. The number of rotatable bonds is 7. The number of aryl methyl sites for hydroxylation is 3. The molecule has 1 atom stereocenters. The highest BCUT2D eigenvalue weighted by atomic mass is 32.1. The zero-order chi connectivity index (χ0) is 31.0. The van der Waals surface area contributed by atoms with Crippen molar-refractivity contribution in [2.24, 2.45) is 7.05 Å². The molecular formula is C32H34FN7O3S. The molecule has 228 valence electrons.